The molecule has 0 spiro atoms. The van der Waals surface area contributed by atoms with Crippen LogP contribution < -0.4 is 14.8 Å². The van der Waals surface area contributed by atoms with Crippen molar-refractivity contribution in [3.05, 3.63) is 75.2 Å². The molecule has 1 saturated heterocycles. The Morgan fingerprint density at radius 1 is 1.29 bits per heavy atom. The Morgan fingerprint density at radius 3 is 2.71 bits per heavy atom. The highest BCUT2D eigenvalue weighted by Gasteiger charge is 2.32. The van der Waals surface area contributed by atoms with Gasteiger partial charge in [-0.1, -0.05) is 35.9 Å². The molecule has 2 amide bonds. The summed E-state index contributed by atoms with van der Waals surface area (Å²) < 4.78 is 12.0. The van der Waals surface area contributed by atoms with Crippen LogP contribution in [0.15, 0.2) is 59.1 Å². The standard InChI is InChI=1S/C22H18BrClN2O4S/c1-3-8-26-21(28)15(20(27)25-22(26)31)9-13-10-16(23)19(18(11-13)29-2)30-12-14-6-4-5-7-17(14)24/h3-7,9-11H,1,8,12H2,2H3,(H,25,27,31)/b15-9-. The fourth-order valence-corrected chi connectivity index (χ4v) is 3.90. The number of hydrogen-bond donors (Lipinski definition) is 1. The van der Waals surface area contributed by atoms with Crippen molar-refractivity contribution in [2.45, 2.75) is 6.61 Å². The first-order valence-electron chi connectivity index (χ1n) is 9.09. The van der Waals surface area contributed by atoms with Crippen molar-refractivity contribution < 1.29 is 19.1 Å². The van der Waals surface area contributed by atoms with Gasteiger partial charge in [-0.3, -0.25) is 19.8 Å². The second-order valence-electron chi connectivity index (χ2n) is 6.44. The number of rotatable bonds is 7. The number of ether oxygens (including phenoxy) is 2. The zero-order valence-corrected chi connectivity index (χ0v) is 19.6. The van der Waals surface area contributed by atoms with Crippen molar-refractivity contribution in [2.75, 3.05) is 13.7 Å². The van der Waals surface area contributed by atoms with Gasteiger partial charge in [0.2, 0.25) is 0 Å². The Balaban J connectivity index is 1.91. The molecular formula is C22H18BrClN2O4S. The zero-order valence-electron chi connectivity index (χ0n) is 16.5. The molecule has 0 aromatic heterocycles. The molecule has 0 radical (unpaired) electrons. The van der Waals surface area contributed by atoms with Crippen LogP contribution in [0.4, 0.5) is 0 Å². The van der Waals surface area contributed by atoms with E-state index in [1.54, 1.807) is 18.2 Å². The average molecular weight is 522 g/mol. The summed E-state index contributed by atoms with van der Waals surface area (Å²) in [6, 6.07) is 10.8. The van der Waals surface area contributed by atoms with E-state index >= 15 is 0 Å². The minimum atomic E-state index is -0.565. The van der Waals surface area contributed by atoms with E-state index < -0.39 is 11.8 Å². The van der Waals surface area contributed by atoms with Crippen LogP contribution in [-0.4, -0.2) is 35.5 Å². The monoisotopic (exact) mass is 520 g/mol. The summed E-state index contributed by atoms with van der Waals surface area (Å²) >= 11 is 14.7. The highest BCUT2D eigenvalue weighted by molar-refractivity contribution is 9.10. The number of amides is 2. The zero-order chi connectivity index (χ0) is 22.5. The first-order valence-corrected chi connectivity index (χ1v) is 10.7. The van der Waals surface area contributed by atoms with Gasteiger partial charge in [-0.2, -0.15) is 0 Å². The maximum Gasteiger partial charge on any atom is 0.265 e. The van der Waals surface area contributed by atoms with Crippen molar-refractivity contribution >= 4 is 62.8 Å². The summed E-state index contributed by atoms with van der Waals surface area (Å²) in [4.78, 5) is 26.3. The summed E-state index contributed by atoms with van der Waals surface area (Å²) in [5.74, 6) is -0.166. The van der Waals surface area contributed by atoms with Crippen LogP contribution in [0.2, 0.25) is 5.02 Å². The van der Waals surface area contributed by atoms with E-state index in [-0.39, 0.29) is 23.8 Å². The van der Waals surface area contributed by atoms with Crippen LogP contribution in [0.5, 0.6) is 11.5 Å². The van der Waals surface area contributed by atoms with Crippen LogP contribution in [0.25, 0.3) is 6.08 Å². The summed E-state index contributed by atoms with van der Waals surface area (Å²) in [6.45, 7) is 4.04. The van der Waals surface area contributed by atoms with Gasteiger partial charge in [0.1, 0.15) is 12.2 Å². The highest BCUT2D eigenvalue weighted by Crippen LogP contribution is 2.38. The van der Waals surface area contributed by atoms with Crippen molar-refractivity contribution in [1.82, 2.24) is 10.2 Å². The van der Waals surface area contributed by atoms with Crippen LogP contribution in [0.3, 0.4) is 0 Å². The molecule has 0 aliphatic carbocycles. The molecule has 0 bridgehead atoms. The van der Waals surface area contributed by atoms with E-state index in [1.165, 1.54) is 24.2 Å². The molecule has 9 heteroatoms. The predicted molar refractivity (Wildman–Crippen MR) is 127 cm³/mol. The van der Waals surface area contributed by atoms with E-state index in [2.05, 4.69) is 27.8 Å². The first-order chi connectivity index (χ1) is 14.8. The van der Waals surface area contributed by atoms with Gasteiger partial charge in [-0.15, -0.1) is 6.58 Å². The quantitative estimate of drug-likeness (QED) is 0.251. The Labute approximate surface area is 198 Å². The molecule has 0 unspecified atom stereocenters. The third kappa shape index (κ3) is 5.15. The molecule has 2 aromatic carbocycles. The fraction of sp³-hybridized carbons (Fsp3) is 0.136. The Kier molecular flexibility index (Phi) is 7.48. The predicted octanol–water partition coefficient (Wildman–Crippen LogP) is 4.50. The lowest BCUT2D eigenvalue weighted by atomic mass is 10.1. The Bertz CT molecular complexity index is 1100. The number of methoxy groups -OCH3 is 1. The van der Waals surface area contributed by atoms with E-state index in [4.69, 9.17) is 33.3 Å². The van der Waals surface area contributed by atoms with Crippen molar-refractivity contribution in [3.8, 4) is 11.5 Å². The van der Waals surface area contributed by atoms with Crippen LogP contribution in [-0.2, 0) is 16.2 Å². The van der Waals surface area contributed by atoms with Crippen LogP contribution in [0.1, 0.15) is 11.1 Å². The molecule has 2 aromatic rings. The van der Waals surface area contributed by atoms with Crippen LogP contribution >= 0.6 is 39.7 Å². The second-order valence-corrected chi connectivity index (χ2v) is 8.08. The third-order valence-electron chi connectivity index (χ3n) is 4.39. The van der Waals surface area contributed by atoms with E-state index in [0.29, 0.717) is 26.6 Å². The molecular weight excluding hydrogens is 504 g/mol. The minimum Gasteiger partial charge on any atom is -0.493 e. The van der Waals surface area contributed by atoms with Crippen molar-refractivity contribution in [2.24, 2.45) is 0 Å². The lowest BCUT2D eigenvalue weighted by Crippen LogP contribution is -2.53. The number of benzene rings is 2. The summed E-state index contributed by atoms with van der Waals surface area (Å²) in [5.41, 5.74) is 1.35. The number of hydrogen-bond acceptors (Lipinski definition) is 5. The molecule has 3 rings (SSSR count). The van der Waals surface area contributed by atoms with E-state index in [9.17, 15) is 9.59 Å². The van der Waals surface area contributed by atoms with Gasteiger partial charge in [-0.25, -0.2) is 0 Å². The number of carbonyl (C=O) groups excluding carboxylic acids is 2. The van der Waals surface area contributed by atoms with Gasteiger partial charge in [0, 0.05) is 17.1 Å². The van der Waals surface area contributed by atoms with Gasteiger partial charge in [0.25, 0.3) is 11.8 Å². The average Bonchev–Trinajstić information content (AvgIpc) is 2.74. The third-order valence-corrected chi connectivity index (χ3v) is 5.67. The van der Waals surface area contributed by atoms with Gasteiger partial charge < -0.3 is 9.47 Å². The largest absolute Gasteiger partial charge is 0.493 e. The molecule has 1 aliphatic heterocycles. The summed E-state index contributed by atoms with van der Waals surface area (Å²) in [7, 11) is 1.50. The lowest BCUT2D eigenvalue weighted by Gasteiger charge is -2.27. The molecule has 6 nitrogen and oxygen atoms in total. The normalized spacial score (nSPS) is 15.1. The van der Waals surface area contributed by atoms with Gasteiger partial charge in [-0.05, 0) is 58.0 Å². The van der Waals surface area contributed by atoms with E-state index in [1.807, 2.05) is 18.2 Å². The number of halogens is 2. The first kappa shape index (κ1) is 23.0. The van der Waals surface area contributed by atoms with Crippen molar-refractivity contribution in [3.63, 3.8) is 0 Å². The number of carbonyl (C=O) groups is 2. The fourth-order valence-electron chi connectivity index (χ4n) is 2.88. The number of nitrogens with one attached hydrogen (secondary N) is 1. The Morgan fingerprint density at radius 2 is 2.03 bits per heavy atom. The van der Waals surface area contributed by atoms with Gasteiger partial charge in [0.15, 0.2) is 16.6 Å². The molecule has 1 heterocycles. The topological polar surface area (TPSA) is 67.9 Å². The number of thiocarbonyl (C=S) groups is 1. The minimum absolute atomic E-state index is 0.0471. The lowest BCUT2D eigenvalue weighted by molar-refractivity contribution is -0.128. The smallest absolute Gasteiger partial charge is 0.265 e. The summed E-state index contributed by atoms with van der Waals surface area (Å²) in [5, 5.41) is 3.16. The summed E-state index contributed by atoms with van der Waals surface area (Å²) in [6.07, 6.45) is 3.00. The molecule has 0 atom stereocenters. The SMILES string of the molecule is C=CCN1C(=O)/C(=C\c2cc(Br)c(OCc3ccccc3Cl)c(OC)c2)C(=O)NC1=S. The molecule has 1 N–H and O–H groups in total. The highest BCUT2D eigenvalue weighted by atomic mass is 79.9. The van der Waals surface area contributed by atoms with Gasteiger partial charge >= 0.3 is 0 Å². The molecule has 160 valence electrons. The second kappa shape index (κ2) is 10.1. The molecule has 1 fully saturated rings. The van der Waals surface area contributed by atoms with Crippen LogP contribution in [0, 0.1) is 0 Å². The maximum absolute atomic E-state index is 12.7. The van der Waals surface area contributed by atoms with Crippen molar-refractivity contribution in [1.29, 1.82) is 0 Å². The molecule has 31 heavy (non-hydrogen) atoms. The Hall–Kier alpha value is -2.68. The molecule has 0 saturated carbocycles. The number of nitrogens with zero attached hydrogens (tertiary/aromatic N) is 1. The maximum atomic E-state index is 12.7. The molecule has 1 aliphatic rings. The van der Waals surface area contributed by atoms with Gasteiger partial charge in [0.05, 0.1) is 11.6 Å². The van der Waals surface area contributed by atoms with E-state index in [0.717, 1.165) is 5.56 Å².